The first-order valence-electron chi connectivity index (χ1n) is 5.44. The second-order valence-electron chi connectivity index (χ2n) is 5.01. The van der Waals surface area contributed by atoms with E-state index in [0.29, 0.717) is 0 Å². The predicted octanol–water partition coefficient (Wildman–Crippen LogP) is 1.51. The van der Waals surface area contributed by atoms with Crippen LogP contribution in [-0.2, 0) is 9.84 Å². The Hall–Kier alpha value is -0.350. The highest BCUT2D eigenvalue weighted by Crippen LogP contribution is 2.18. The van der Waals surface area contributed by atoms with Gasteiger partial charge >= 0.3 is 0 Å². The lowest BCUT2D eigenvalue weighted by Gasteiger charge is -2.19. The van der Waals surface area contributed by atoms with Gasteiger partial charge in [0.1, 0.15) is 0 Å². The maximum absolute atomic E-state index is 11.8. The third kappa shape index (κ3) is 3.61. The molecule has 0 saturated carbocycles. The summed E-state index contributed by atoms with van der Waals surface area (Å²) >= 11 is 0. The Balaban J connectivity index is 2.63. The SMILES string of the molecule is CC(C)(C)S(=O)(=O)CC=C1CCNCC1. The van der Waals surface area contributed by atoms with E-state index in [1.54, 1.807) is 20.8 Å². The summed E-state index contributed by atoms with van der Waals surface area (Å²) in [6.07, 6.45) is 3.88. The molecule has 88 valence electrons. The lowest BCUT2D eigenvalue weighted by atomic mass is 10.1. The van der Waals surface area contributed by atoms with Gasteiger partial charge in [0.15, 0.2) is 9.84 Å². The summed E-state index contributed by atoms with van der Waals surface area (Å²) < 4.78 is 23.0. The lowest BCUT2D eigenvalue weighted by molar-refractivity contribution is 0.562. The van der Waals surface area contributed by atoms with Crippen LogP contribution in [0, 0.1) is 0 Å². The van der Waals surface area contributed by atoms with Crippen molar-refractivity contribution in [3.05, 3.63) is 11.6 Å². The lowest BCUT2D eigenvalue weighted by Crippen LogP contribution is -2.30. The van der Waals surface area contributed by atoms with E-state index in [4.69, 9.17) is 0 Å². The third-order valence-corrected chi connectivity index (χ3v) is 5.24. The van der Waals surface area contributed by atoms with E-state index in [0.717, 1.165) is 25.9 Å². The Kier molecular flexibility index (Phi) is 3.95. The zero-order valence-electron chi connectivity index (χ0n) is 9.84. The summed E-state index contributed by atoms with van der Waals surface area (Å²) in [6.45, 7) is 7.21. The van der Waals surface area contributed by atoms with E-state index in [2.05, 4.69) is 5.32 Å². The molecule has 0 unspecified atom stereocenters. The molecule has 4 heteroatoms. The number of rotatable bonds is 2. The van der Waals surface area contributed by atoms with Gasteiger partial charge in [-0.15, -0.1) is 0 Å². The maximum atomic E-state index is 11.8. The average Bonchev–Trinajstić information content (AvgIpc) is 2.15. The molecule has 0 spiro atoms. The summed E-state index contributed by atoms with van der Waals surface area (Å²) in [5.41, 5.74) is 1.28. The molecule has 0 amide bonds. The molecule has 0 bridgehead atoms. The van der Waals surface area contributed by atoms with Crippen LogP contribution < -0.4 is 5.32 Å². The van der Waals surface area contributed by atoms with Crippen LogP contribution in [0.3, 0.4) is 0 Å². The molecule has 0 atom stereocenters. The van der Waals surface area contributed by atoms with Crippen molar-refractivity contribution in [3.8, 4) is 0 Å². The van der Waals surface area contributed by atoms with Crippen molar-refractivity contribution in [2.45, 2.75) is 38.4 Å². The van der Waals surface area contributed by atoms with Crippen molar-refractivity contribution in [2.24, 2.45) is 0 Å². The molecule has 0 aromatic carbocycles. The highest BCUT2D eigenvalue weighted by atomic mass is 32.2. The van der Waals surface area contributed by atoms with Gasteiger partial charge < -0.3 is 5.32 Å². The van der Waals surface area contributed by atoms with Gasteiger partial charge in [-0.25, -0.2) is 8.42 Å². The second kappa shape index (κ2) is 4.66. The van der Waals surface area contributed by atoms with Gasteiger partial charge in [-0.3, -0.25) is 0 Å². The van der Waals surface area contributed by atoms with Crippen molar-refractivity contribution < 1.29 is 8.42 Å². The summed E-state index contributed by atoms with van der Waals surface area (Å²) in [6, 6.07) is 0. The zero-order chi connectivity index (χ0) is 11.5. The van der Waals surface area contributed by atoms with Crippen LogP contribution in [0.15, 0.2) is 11.6 Å². The number of piperidine rings is 1. The summed E-state index contributed by atoms with van der Waals surface area (Å²) in [5, 5.41) is 3.25. The van der Waals surface area contributed by atoms with Crippen molar-refractivity contribution in [1.82, 2.24) is 5.32 Å². The molecule has 0 aromatic heterocycles. The monoisotopic (exact) mass is 231 g/mol. The van der Waals surface area contributed by atoms with Crippen LogP contribution in [0.1, 0.15) is 33.6 Å². The van der Waals surface area contributed by atoms with Crippen LogP contribution in [-0.4, -0.2) is 32.0 Å². The number of hydrogen-bond acceptors (Lipinski definition) is 3. The minimum Gasteiger partial charge on any atom is -0.316 e. The fraction of sp³-hybridized carbons (Fsp3) is 0.818. The molecule has 0 aromatic rings. The van der Waals surface area contributed by atoms with Gasteiger partial charge in [0.05, 0.1) is 10.5 Å². The minimum absolute atomic E-state index is 0.186. The van der Waals surface area contributed by atoms with Gasteiger partial charge in [0.25, 0.3) is 0 Å². The molecule has 1 aliphatic rings. The Bertz CT molecular complexity index is 328. The minimum atomic E-state index is -2.99. The van der Waals surface area contributed by atoms with Gasteiger partial charge in [0, 0.05) is 0 Å². The number of sulfone groups is 1. The van der Waals surface area contributed by atoms with Crippen molar-refractivity contribution in [1.29, 1.82) is 0 Å². The molecule has 15 heavy (non-hydrogen) atoms. The van der Waals surface area contributed by atoms with Crippen LogP contribution >= 0.6 is 0 Å². The molecule has 1 N–H and O–H groups in total. The van der Waals surface area contributed by atoms with E-state index in [9.17, 15) is 8.42 Å². The molecular weight excluding hydrogens is 210 g/mol. The normalized spacial score (nSPS) is 19.0. The molecule has 1 fully saturated rings. The van der Waals surface area contributed by atoms with E-state index in [1.807, 2.05) is 6.08 Å². The topological polar surface area (TPSA) is 46.2 Å². The van der Waals surface area contributed by atoms with Crippen LogP contribution in [0.25, 0.3) is 0 Å². The molecule has 1 aliphatic heterocycles. The number of nitrogens with one attached hydrogen (secondary N) is 1. The fourth-order valence-electron chi connectivity index (χ4n) is 1.43. The van der Waals surface area contributed by atoms with Crippen molar-refractivity contribution >= 4 is 9.84 Å². The van der Waals surface area contributed by atoms with Gasteiger partial charge in [-0.1, -0.05) is 11.6 Å². The maximum Gasteiger partial charge on any atom is 0.158 e. The Morgan fingerprint density at radius 1 is 1.27 bits per heavy atom. The fourth-order valence-corrected chi connectivity index (χ4v) is 2.38. The summed E-state index contributed by atoms with van der Waals surface area (Å²) in [7, 11) is -2.99. The smallest absolute Gasteiger partial charge is 0.158 e. The quantitative estimate of drug-likeness (QED) is 0.733. The van der Waals surface area contributed by atoms with Crippen LogP contribution in [0.4, 0.5) is 0 Å². The second-order valence-corrected chi connectivity index (χ2v) is 7.79. The number of hydrogen-bond donors (Lipinski definition) is 1. The first-order valence-corrected chi connectivity index (χ1v) is 7.09. The van der Waals surface area contributed by atoms with E-state index in [-0.39, 0.29) is 5.75 Å². The molecule has 1 rings (SSSR count). The third-order valence-electron chi connectivity index (χ3n) is 2.77. The highest BCUT2D eigenvalue weighted by molar-refractivity contribution is 7.92. The predicted molar refractivity (Wildman–Crippen MR) is 63.7 cm³/mol. The first-order chi connectivity index (χ1) is 6.83. The molecule has 1 heterocycles. The molecule has 0 radical (unpaired) electrons. The van der Waals surface area contributed by atoms with E-state index < -0.39 is 14.6 Å². The summed E-state index contributed by atoms with van der Waals surface area (Å²) in [4.78, 5) is 0. The molecule has 1 saturated heterocycles. The average molecular weight is 231 g/mol. The Morgan fingerprint density at radius 3 is 2.27 bits per heavy atom. The van der Waals surface area contributed by atoms with Gasteiger partial charge in [-0.05, 0) is 46.7 Å². The van der Waals surface area contributed by atoms with Gasteiger partial charge in [0.2, 0.25) is 0 Å². The largest absolute Gasteiger partial charge is 0.316 e. The van der Waals surface area contributed by atoms with Crippen molar-refractivity contribution in [2.75, 3.05) is 18.8 Å². The highest BCUT2D eigenvalue weighted by Gasteiger charge is 2.27. The van der Waals surface area contributed by atoms with Crippen LogP contribution in [0.5, 0.6) is 0 Å². The van der Waals surface area contributed by atoms with Crippen molar-refractivity contribution in [3.63, 3.8) is 0 Å². The molecule has 0 aliphatic carbocycles. The van der Waals surface area contributed by atoms with Crippen LogP contribution in [0.2, 0.25) is 0 Å². The Morgan fingerprint density at radius 2 is 1.80 bits per heavy atom. The zero-order valence-corrected chi connectivity index (χ0v) is 10.7. The van der Waals surface area contributed by atoms with Gasteiger partial charge in [-0.2, -0.15) is 0 Å². The molecular formula is C11H21NO2S. The summed E-state index contributed by atoms with van der Waals surface area (Å²) in [5.74, 6) is 0.186. The Labute approximate surface area is 92.9 Å². The molecule has 3 nitrogen and oxygen atoms in total. The standard InChI is InChI=1S/C11H21NO2S/c1-11(2,3)15(13,14)9-6-10-4-7-12-8-5-10/h6,12H,4-5,7-9H2,1-3H3. The van der Waals surface area contributed by atoms with E-state index >= 15 is 0 Å². The van der Waals surface area contributed by atoms with E-state index in [1.165, 1.54) is 5.57 Å². The first kappa shape index (κ1) is 12.7.